The summed E-state index contributed by atoms with van der Waals surface area (Å²) in [4.78, 5) is 12.4. The predicted octanol–water partition coefficient (Wildman–Crippen LogP) is 2.67. The van der Waals surface area contributed by atoms with Crippen LogP contribution in [-0.4, -0.2) is 24.2 Å². The van der Waals surface area contributed by atoms with Crippen LogP contribution in [0.4, 0.5) is 0 Å². The van der Waals surface area contributed by atoms with Gasteiger partial charge in [-0.25, -0.2) is 0 Å². The number of hydrogen-bond donors (Lipinski definition) is 2. The molecule has 1 aliphatic rings. The van der Waals surface area contributed by atoms with Crippen molar-refractivity contribution in [3.63, 3.8) is 0 Å². The van der Waals surface area contributed by atoms with Crippen LogP contribution in [-0.2, 0) is 4.79 Å². The van der Waals surface area contributed by atoms with Gasteiger partial charge in [-0.15, -0.1) is 0 Å². The fraction of sp³-hybridized carbons (Fsp3) is 0.588. The maximum absolute atomic E-state index is 12.4. The fourth-order valence-corrected chi connectivity index (χ4v) is 2.95. The summed E-state index contributed by atoms with van der Waals surface area (Å²) in [5.41, 5.74) is 1.06. The van der Waals surface area contributed by atoms with Gasteiger partial charge >= 0.3 is 0 Å². The van der Waals surface area contributed by atoms with E-state index in [9.17, 15) is 9.90 Å². The fourth-order valence-electron chi connectivity index (χ4n) is 2.95. The van der Waals surface area contributed by atoms with Crippen LogP contribution in [0.2, 0.25) is 0 Å². The van der Waals surface area contributed by atoms with Crippen LogP contribution in [0.25, 0.3) is 0 Å². The number of carbonyl (C=O) groups excluding carboxylic acids is 1. The van der Waals surface area contributed by atoms with E-state index in [-0.39, 0.29) is 23.8 Å². The SMILES string of the molecule is COc1ccc(C(NC(=O)C2CCCC2O)C(C)C)cc1. The highest BCUT2D eigenvalue weighted by Gasteiger charge is 2.33. The van der Waals surface area contributed by atoms with E-state index in [1.807, 2.05) is 24.3 Å². The largest absolute Gasteiger partial charge is 0.497 e. The summed E-state index contributed by atoms with van der Waals surface area (Å²) in [5, 5.41) is 13.0. The molecule has 0 saturated heterocycles. The van der Waals surface area contributed by atoms with Gasteiger partial charge in [-0.3, -0.25) is 4.79 Å². The molecule has 0 radical (unpaired) electrons. The molecule has 0 aliphatic heterocycles. The number of hydrogen-bond acceptors (Lipinski definition) is 3. The average molecular weight is 291 g/mol. The molecule has 2 rings (SSSR count). The molecular formula is C17H25NO3. The molecule has 2 N–H and O–H groups in total. The van der Waals surface area contributed by atoms with Crippen LogP contribution in [0.3, 0.4) is 0 Å². The Labute approximate surface area is 126 Å². The normalized spacial score (nSPS) is 23.1. The highest BCUT2D eigenvalue weighted by atomic mass is 16.5. The van der Waals surface area contributed by atoms with E-state index in [1.54, 1.807) is 7.11 Å². The first-order valence-electron chi connectivity index (χ1n) is 7.65. The first-order valence-corrected chi connectivity index (χ1v) is 7.65. The third-order valence-corrected chi connectivity index (χ3v) is 4.26. The predicted molar refractivity (Wildman–Crippen MR) is 82.1 cm³/mol. The van der Waals surface area contributed by atoms with Crippen molar-refractivity contribution in [2.45, 2.75) is 45.3 Å². The van der Waals surface area contributed by atoms with Crippen LogP contribution in [0, 0.1) is 11.8 Å². The molecule has 0 heterocycles. The van der Waals surface area contributed by atoms with Crippen molar-refractivity contribution in [1.82, 2.24) is 5.32 Å². The molecule has 3 atom stereocenters. The van der Waals surface area contributed by atoms with Crippen molar-refractivity contribution < 1.29 is 14.6 Å². The Kier molecular flexibility index (Phi) is 5.23. The molecule has 1 aromatic carbocycles. The van der Waals surface area contributed by atoms with Gasteiger partial charge in [-0.05, 0) is 42.9 Å². The molecule has 1 aliphatic carbocycles. The smallest absolute Gasteiger partial charge is 0.226 e. The molecule has 1 fully saturated rings. The van der Waals surface area contributed by atoms with Crippen molar-refractivity contribution >= 4 is 5.91 Å². The molecule has 1 aromatic rings. The maximum atomic E-state index is 12.4. The number of benzene rings is 1. The molecule has 0 aromatic heterocycles. The van der Waals surface area contributed by atoms with Crippen LogP contribution in [0.1, 0.15) is 44.7 Å². The van der Waals surface area contributed by atoms with E-state index < -0.39 is 6.10 Å². The Bertz CT molecular complexity index is 469. The third kappa shape index (κ3) is 3.76. The number of aliphatic hydroxyl groups excluding tert-OH is 1. The van der Waals surface area contributed by atoms with Gasteiger partial charge in [0.05, 0.1) is 25.2 Å². The molecule has 4 nitrogen and oxygen atoms in total. The molecule has 21 heavy (non-hydrogen) atoms. The van der Waals surface area contributed by atoms with Gasteiger partial charge in [0.15, 0.2) is 0 Å². The first-order chi connectivity index (χ1) is 10.0. The summed E-state index contributed by atoms with van der Waals surface area (Å²) < 4.78 is 5.17. The van der Waals surface area contributed by atoms with E-state index >= 15 is 0 Å². The monoisotopic (exact) mass is 291 g/mol. The second-order valence-electron chi connectivity index (χ2n) is 6.11. The quantitative estimate of drug-likeness (QED) is 0.877. The van der Waals surface area contributed by atoms with Gasteiger partial charge in [0, 0.05) is 0 Å². The van der Waals surface area contributed by atoms with Gasteiger partial charge in [0.2, 0.25) is 5.91 Å². The summed E-state index contributed by atoms with van der Waals surface area (Å²) in [6.07, 6.45) is 1.94. The number of carbonyl (C=O) groups is 1. The molecule has 4 heteroatoms. The minimum Gasteiger partial charge on any atom is -0.497 e. The van der Waals surface area contributed by atoms with Gasteiger partial charge in [-0.1, -0.05) is 26.0 Å². The van der Waals surface area contributed by atoms with Crippen molar-refractivity contribution in [3.8, 4) is 5.75 Å². The second-order valence-corrected chi connectivity index (χ2v) is 6.11. The Hall–Kier alpha value is -1.55. The molecule has 3 unspecified atom stereocenters. The van der Waals surface area contributed by atoms with Crippen molar-refractivity contribution in [2.75, 3.05) is 7.11 Å². The number of amides is 1. The molecule has 1 amide bonds. The number of aliphatic hydroxyl groups is 1. The zero-order valence-corrected chi connectivity index (χ0v) is 13.0. The van der Waals surface area contributed by atoms with E-state index in [1.165, 1.54) is 0 Å². The standard InChI is InChI=1S/C17H25NO3/c1-11(2)16(12-7-9-13(21-3)10-8-12)18-17(20)14-5-4-6-15(14)19/h7-11,14-16,19H,4-6H2,1-3H3,(H,18,20). The Morgan fingerprint density at radius 3 is 2.43 bits per heavy atom. The van der Waals surface area contributed by atoms with Crippen molar-refractivity contribution in [1.29, 1.82) is 0 Å². The first kappa shape index (κ1) is 15.8. The van der Waals surface area contributed by atoms with E-state index in [4.69, 9.17) is 4.74 Å². The Balaban J connectivity index is 2.09. The highest BCUT2D eigenvalue weighted by Crippen LogP contribution is 2.29. The maximum Gasteiger partial charge on any atom is 0.226 e. The second kappa shape index (κ2) is 6.94. The molecule has 1 saturated carbocycles. The van der Waals surface area contributed by atoms with Crippen LogP contribution in [0.5, 0.6) is 5.75 Å². The lowest BCUT2D eigenvalue weighted by molar-refractivity contribution is -0.128. The van der Waals surface area contributed by atoms with Gasteiger partial charge in [-0.2, -0.15) is 0 Å². The van der Waals surface area contributed by atoms with Crippen molar-refractivity contribution in [2.24, 2.45) is 11.8 Å². The summed E-state index contributed by atoms with van der Waals surface area (Å²) in [6.45, 7) is 4.17. The molecule has 0 spiro atoms. The topological polar surface area (TPSA) is 58.6 Å². The number of nitrogens with one attached hydrogen (secondary N) is 1. The van der Waals surface area contributed by atoms with Crippen LogP contribution < -0.4 is 10.1 Å². The molecular weight excluding hydrogens is 266 g/mol. The zero-order valence-electron chi connectivity index (χ0n) is 13.0. The summed E-state index contributed by atoms with van der Waals surface area (Å²) in [6, 6.07) is 7.72. The summed E-state index contributed by atoms with van der Waals surface area (Å²) in [7, 11) is 1.64. The highest BCUT2D eigenvalue weighted by molar-refractivity contribution is 5.80. The number of rotatable bonds is 5. The number of ether oxygens (including phenoxy) is 1. The summed E-state index contributed by atoms with van der Waals surface area (Å²) >= 11 is 0. The minimum absolute atomic E-state index is 0.0329. The third-order valence-electron chi connectivity index (χ3n) is 4.26. The number of methoxy groups -OCH3 is 1. The zero-order chi connectivity index (χ0) is 15.4. The van der Waals surface area contributed by atoms with Crippen molar-refractivity contribution in [3.05, 3.63) is 29.8 Å². The lowest BCUT2D eigenvalue weighted by atomic mass is 9.94. The van der Waals surface area contributed by atoms with E-state index in [0.29, 0.717) is 0 Å². The summed E-state index contributed by atoms with van der Waals surface area (Å²) in [5.74, 6) is 0.790. The van der Waals surface area contributed by atoms with Gasteiger partial charge in [0.1, 0.15) is 5.75 Å². The minimum atomic E-state index is -0.492. The van der Waals surface area contributed by atoms with E-state index in [0.717, 1.165) is 30.6 Å². The lowest BCUT2D eigenvalue weighted by Crippen LogP contribution is -2.38. The van der Waals surface area contributed by atoms with Gasteiger partial charge in [0.25, 0.3) is 0 Å². The van der Waals surface area contributed by atoms with E-state index in [2.05, 4.69) is 19.2 Å². The molecule has 116 valence electrons. The lowest BCUT2D eigenvalue weighted by Gasteiger charge is -2.25. The van der Waals surface area contributed by atoms with Gasteiger partial charge < -0.3 is 15.2 Å². The Morgan fingerprint density at radius 2 is 1.95 bits per heavy atom. The van der Waals surface area contributed by atoms with Crippen LogP contribution >= 0.6 is 0 Å². The average Bonchev–Trinajstić information content (AvgIpc) is 2.90. The van der Waals surface area contributed by atoms with Crippen LogP contribution in [0.15, 0.2) is 24.3 Å². The Morgan fingerprint density at radius 1 is 1.29 bits per heavy atom. The molecule has 0 bridgehead atoms.